The molecule has 18 heavy (non-hydrogen) atoms. The molecule has 0 radical (unpaired) electrons. The van der Waals surface area contributed by atoms with Crippen LogP contribution in [0.2, 0.25) is 0 Å². The molecule has 0 aliphatic heterocycles. The molecule has 1 heterocycles. The fraction of sp³-hybridized carbons (Fsp3) is 0.133. The first-order chi connectivity index (χ1) is 8.81. The Morgan fingerprint density at radius 1 is 1.22 bits per heavy atom. The molecule has 1 aromatic heterocycles. The second kappa shape index (κ2) is 5.87. The Bertz CT molecular complexity index is 508. The topological polar surface area (TPSA) is 28.2 Å². The van der Waals surface area contributed by atoms with Gasteiger partial charge in [0.1, 0.15) is 0 Å². The summed E-state index contributed by atoms with van der Waals surface area (Å²) in [6, 6.07) is 14.1. The average Bonchev–Trinajstić information content (AvgIpc) is 2.42. The smallest absolute Gasteiger partial charge is 0.0754 e. The van der Waals surface area contributed by atoms with Crippen LogP contribution < -0.4 is 10.4 Å². The number of aryl methyl sites for hydroxylation is 1. The lowest BCUT2D eigenvalue weighted by Gasteiger charge is -2.25. The number of hydrogen-bond donors (Lipinski definition) is 1. The molecule has 0 fully saturated rings. The quantitative estimate of drug-likeness (QED) is 0.640. The van der Waals surface area contributed by atoms with Crippen LogP contribution in [-0.4, -0.2) is 11.5 Å². The summed E-state index contributed by atoms with van der Waals surface area (Å²) in [4.78, 5) is 4.27. The van der Waals surface area contributed by atoms with E-state index >= 15 is 0 Å². The highest BCUT2D eigenvalue weighted by molar-refractivity contribution is 5.56. The summed E-state index contributed by atoms with van der Waals surface area (Å²) >= 11 is 0. The summed E-state index contributed by atoms with van der Waals surface area (Å²) < 4.78 is 0. The molecule has 0 aliphatic carbocycles. The van der Waals surface area contributed by atoms with Crippen molar-refractivity contribution in [2.75, 3.05) is 17.0 Å². The van der Waals surface area contributed by atoms with E-state index in [9.17, 15) is 0 Å². The van der Waals surface area contributed by atoms with Gasteiger partial charge in [-0.25, -0.2) is 0 Å². The number of hydrazine groups is 1. The van der Waals surface area contributed by atoms with Crippen LogP contribution in [0.15, 0.2) is 61.3 Å². The predicted molar refractivity (Wildman–Crippen MR) is 76.6 cm³/mol. The van der Waals surface area contributed by atoms with E-state index in [1.807, 2.05) is 48.3 Å². The maximum atomic E-state index is 4.27. The average molecular weight is 239 g/mol. The van der Waals surface area contributed by atoms with Gasteiger partial charge in [-0.2, -0.15) is 0 Å². The summed E-state index contributed by atoms with van der Waals surface area (Å²) in [7, 11) is 0. The van der Waals surface area contributed by atoms with Gasteiger partial charge in [-0.1, -0.05) is 24.3 Å². The molecule has 2 aromatic rings. The molecule has 3 nitrogen and oxygen atoms in total. The van der Waals surface area contributed by atoms with E-state index in [1.165, 1.54) is 0 Å². The maximum Gasteiger partial charge on any atom is 0.0754 e. The molecule has 0 amide bonds. The third-order valence-electron chi connectivity index (χ3n) is 2.64. The monoisotopic (exact) mass is 239 g/mol. The second-order valence-electron chi connectivity index (χ2n) is 3.98. The van der Waals surface area contributed by atoms with Crippen LogP contribution in [0.1, 0.15) is 5.69 Å². The molecule has 3 heteroatoms. The predicted octanol–water partition coefficient (Wildman–Crippen LogP) is 3.41. The third-order valence-corrected chi connectivity index (χ3v) is 2.64. The van der Waals surface area contributed by atoms with Crippen molar-refractivity contribution in [2.24, 2.45) is 0 Å². The number of benzene rings is 1. The van der Waals surface area contributed by atoms with Gasteiger partial charge in [-0.15, -0.1) is 6.58 Å². The molecular formula is C15H17N3. The molecular weight excluding hydrogens is 222 g/mol. The van der Waals surface area contributed by atoms with E-state index in [0.29, 0.717) is 0 Å². The molecule has 0 atom stereocenters. The number of hydrogen-bond acceptors (Lipinski definition) is 3. The van der Waals surface area contributed by atoms with Crippen molar-refractivity contribution >= 4 is 11.4 Å². The largest absolute Gasteiger partial charge is 0.296 e. The van der Waals surface area contributed by atoms with E-state index in [4.69, 9.17) is 0 Å². The lowest BCUT2D eigenvalue weighted by Crippen LogP contribution is -2.30. The summed E-state index contributed by atoms with van der Waals surface area (Å²) in [5.41, 5.74) is 6.44. The number of pyridine rings is 1. The van der Waals surface area contributed by atoms with Gasteiger partial charge in [0.2, 0.25) is 0 Å². The van der Waals surface area contributed by atoms with Crippen LogP contribution in [0.4, 0.5) is 11.4 Å². The zero-order chi connectivity index (χ0) is 12.8. The number of aromatic nitrogens is 1. The Hall–Kier alpha value is -2.29. The minimum Gasteiger partial charge on any atom is -0.296 e. The molecule has 0 saturated heterocycles. The molecule has 0 spiro atoms. The van der Waals surface area contributed by atoms with Crippen molar-refractivity contribution in [1.29, 1.82) is 0 Å². The minimum absolute atomic E-state index is 0.721. The van der Waals surface area contributed by atoms with Crippen LogP contribution in [0, 0.1) is 6.92 Å². The first-order valence-corrected chi connectivity index (χ1v) is 5.93. The van der Waals surface area contributed by atoms with E-state index in [1.54, 1.807) is 6.20 Å². The summed E-state index contributed by atoms with van der Waals surface area (Å²) in [5.74, 6) is 0. The van der Waals surface area contributed by atoms with Gasteiger partial charge in [0.05, 0.1) is 23.6 Å². The van der Waals surface area contributed by atoms with Crippen LogP contribution >= 0.6 is 0 Å². The number of rotatable bonds is 5. The van der Waals surface area contributed by atoms with Crippen molar-refractivity contribution in [1.82, 2.24) is 4.98 Å². The fourth-order valence-corrected chi connectivity index (χ4v) is 1.70. The first kappa shape index (κ1) is 12.2. The molecule has 0 bridgehead atoms. The van der Waals surface area contributed by atoms with Gasteiger partial charge in [0, 0.05) is 6.20 Å². The Kier molecular flexibility index (Phi) is 3.97. The van der Waals surface area contributed by atoms with Crippen LogP contribution in [0.3, 0.4) is 0 Å². The Labute approximate surface area is 108 Å². The number of para-hydroxylation sites is 1. The lowest BCUT2D eigenvalue weighted by molar-refractivity contribution is 0.994. The lowest BCUT2D eigenvalue weighted by atomic mass is 10.3. The van der Waals surface area contributed by atoms with Crippen LogP contribution in [0.5, 0.6) is 0 Å². The van der Waals surface area contributed by atoms with E-state index < -0.39 is 0 Å². The second-order valence-corrected chi connectivity index (χ2v) is 3.98. The zero-order valence-electron chi connectivity index (χ0n) is 10.5. The SMILES string of the molecule is C=CCN(Nc1cccnc1C)c1ccccc1. The van der Waals surface area contributed by atoms with Crippen molar-refractivity contribution in [3.8, 4) is 0 Å². The van der Waals surface area contributed by atoms with Crippen LogP contribution in [0.25, 0.3) is 0 Å². The van der Waals surface area contributed by atoms with Gasteiger partial charge in [-0.3, -0.25) is 15.4 Å². The van der Waals surface area contributed by atoms with Gasteiger partial charge in [0.15, 0.2) is 0 Å². The molecule has 2 rings (SSSR count). The van der Waals surface area contributed by atoms with Crippen molar-refractivity contribution in [2.45, 2.75) is 6.92 Å². The summed E-state index contributed by atoms with van der Waals surface area (Å²) in [6.07, 6.45) is 3.66. The highest BCUT2D eigenvalue weighted by Gasteiger charge is 2.05. The van der Waals surface area contributed by atoms with E-state index in [2.05, 4.69) is 29.1 Å². The highest BCUT2D eigenvalue weighted by Crippen LogP contribution is 2.17. The van der Waals surface area contributed by atoms with Gasteiger partial charge in [0.25, 0.3) is 0 Å². The molecule has 92 valence electrons. The molecule has 0 saturated carbocycles. The van der Waals surface area contributed by atoms with E-state index in [-0.39, 0.29) is 0 Å². The number of nitrogens with zero attached hydrogens (tertiary/aromatic N) is 2. The minimum atomic E-state index is 0.721. The van der Waals surface area contributed by atoms with Crippen LogP contribution in [-0.2, 0) is 0 Å². The fourth-order valence-electron chi connectivity index (χ4n) is 1.70. The zero-order valence-corrected chi connectivity index (χ0v) is 10.5. The van der Waals surface area contributed by atoms with Crippen molar-refractivity contribution < 1.29 is 0 Å². The van der Waals surface area contributed by atoms with Crippen molar-refractivity contribution in [3.63, 3.8) is 0 Å². The molecule has 0 unspecified atom stereocenters. The first-order valence-electron chi connectivity index (χ1n) is 5.93. The Morgan fingerprint density at radius 2 is 2.00 bits per heavy atom. The molecule has 1 aromatic carbocycles. The number of anilines is 2. The Balaban J connectivity index is 2.22. The van der Waals surface area contributed by atoms with Gasteiger partial charge in [-0.05, 0) is 31.2 Å². The highest BCUT2D eigenvalue weighted by atomic mass is 15.5. The van der Waals surface area contributed by atoms with Crippen molar-refractivity contribution in [3.05, 3.63) is 67.0 Å². The van der Waals surface area contributed by atoms with Gasteiger partial charge >= 0.3 is 0 Å². The normalized spacial score (nSPS) is 9.83. The maximum absolute atomic E-state index is 4.27. The summed E-state index contributed by atoms with van der Waals surface area (Å²) in [6.45, 7) is 6.50. The molecule has 1 N–H and O–H groups in total. The van der Waals surface area contributed by atoms with Gasteiger partial charge < -0.3 is 0 Å². The number of nitrogens with one attached hydrogen (secondary N) is 1. The third kappa shape index (κ3) is 2.88. The molecule has 0 aliphatic rings. The standard InChI is InChI=1S/C15H17N3/c1-3-12-18(14-8-5-4-6-9-14)17-15-10-7-11-16-13(15)2/h3-11,17H,1,12H2,2H3. The summed E-state index contributed by atoms with van der Waals surface area (Å²) in [5, 5.41) is 2.04. The Morgan fingerprint density at radius 3 is 2.67 bits per heavy atom. The van der Waals surface area contributed by atoms with E-state index in [0.717, 1.165) is 23.6 Å².